The van der Waals surface area contributed by atoms with Crippen molar-refractivity contribution < 1.29 is 9.47 Å². The zero-order valence-electron chi connectivity index (χ0n) is 16.2. The zero-order chi connectivity index (χ0) is 20.2. The Morgan fingerprint density at radius 3 is 2.69 bits per heavy atom. The smallest absolute Gasteiger partial charge is 0.244 e. The zero-order valence-corrected chi connectivity index (χ0v) is 16.2. The summed E-state index contributed by atoms with van der Waals surface area (Å²) in [5.74, 6) is -0.207. The minimum Gasteiger partial charge on any atom is -0.493 e. The number of hydrogen-bond donors (Lipinski definition) is 2. The van der Waals surface area contributed by atoms with E-state index in [9.17, 15) is 5.26 Å². The van der Waals surface area contributed by atoms with Crippen LogP contribution in [0.15, 0.2) is 54.6 Å². The van der Waals surface area contributed by atoms with Gasteiger partial charge in [-0.1, -0.05) is 61.9 Å². The predicted octanol–water partition coefficient (Wildman–Crippen LogP) is 4.90. The van der Waals surface area contributed by atoms with Crippen LogP contribution in [0.3, 0.4) is 0 Å². The second kappa shape index (κ2) is 8.19. The minimum absolute atomic E-state index is 0.0977. The van der Waals surface area contributed by atoms with E-state index in [0.717, 1.165) is 41.0 Å². The molecular formula is C23H22N4O2. The first-order chi connectivity index (χ1) is 14.2. The molecule has 2 atom stereocenters. The van der Waals surface area contributed by atoms with Crippen molar-refractivity contribution in [2.24, 2.45) is 5.92 Å². The summed E-state index contributed by atoms with van der Waals surface area (Å²) in [5.41, 5.74) is 3.39. The molecular weight excluding hydrogens is 364 g/mol. The largest absolute Gasteiger partial charge is 0.493 e. The van der Waals surface area contributed by atoms with Crippen LogP contribution in [0, 0.1) is 22.7 Å². The summed E-state index contributed by atoms with van der Waals surface area (Å²) in [6.07, 6.45) is 1.99. The number of hydrogen-bond acceptors (Lipinski definition) is 5. The lowest BCUT2D eigenvalue weighted by molar-refractivity contribution is 0.303. The minimum atomic E-state index is -0.765. The van der Waals surface area contributed by atoms with Crippen LogP contribution >= 0.6 is 0 Å². The molecule has 0 radical (unpaired) electrons. The fraction of sp³-hybridized carbons (Fsp3) is 0.261. The molecule has 0 amide bonds. The number of aromatic amines is 1. The standard InChI is InChI=1S/C23H22N4O2/c1-2-3-13-28-18-12-8-7-11-16(18)19-17(14-24)22(25)29-23-20(19)21(26-27-23)15-9-5-4-6-10-15/h4-12,17,19,25H,2-3,13H2,1H3,(H,26,27). The first-order valence-electron chi connectivity index (χ1n) is 9.76. The Morgan fingerprint density at radius 1 is 1.17 bits per heavy atom. The van der Waals surface area contributed by atoms with Gasteiger partial charge in [0.1, 0.15) is 11.7 Å². The van der Waals surface area contributed by atoms with Gasteiger partial charge in [0.15, 0.2) is 0 Å². The van der Waals surface area contributed by atoms with Crippen molar-refractivity contribution in [3.8, 4) is 29.0 Å². The van der Waals surface area contributed by atoms with Crippen LogP contribution in [0.25, 0.3) is 11.3 Å². The molecule has 0 spiro atoms. The number of para-hydroxylation sites is 1. The van der Waals surface area contributed by atoms with Crippen LogP contribution in [0.4, 0.5) is 0 Å². The highest BCUT2D eigenvalue weighted by Crippen LogP contribution is 2.47. The summed E-state index contributed by atoms with van der Waals surface area (Å²) < 4.78 is 11.6. The highest BCUT2D eigenvalue weighted by molar-refractivity contribution is 5.86. The van der Waals surface area contributed by atoms with Gasteiger partial charge in [-0.2, -0.15) is 5.26 Å². The fourth-order valence-corrected chi connectivity index (χ4v) is 3.67. The first-order valence-corrected chi connectivity index (χ1v) is 9.76. The van der Waals surface area contributed by atoms with Gasteiger partial charge in [-0.15, -0.1) is 5.10 Å². The molecule has 0 saturated carbocycles. The monoisotopic (exact) mass is 386 g/mol. The first kappa shape index (κ1) is 18.8. The highest BCUT2D eigenvalue weighted by Gasteiger charge is 2.42. The van der Waals surface area contributed by atoms with Gasteiger partial charge in [-0.25, -0.2) is 0 Å². The Hall–Kier alpha value is -3.59. The van der Waals surface area contributed by atoms with E-state index in [4.69, 9.17) is 14.9 Å². The van der Waals surface area contributed by atoms with Gasteiger partial charge in [0.2, 0.25) is 11.8 Å². The van der Waals surface area contributed by atoms with Crippen LogP contribution in [0.5, 0.6) is 11.6 Å². The third-order valence-corrected chi connectivity index (χ3v) is 5.11. The molecule has 1 aromatic heterocycles. The van der Waals surface area contributed by atoms with Crippen molar-refractivity contribution in [1.82, 2.24) is 10.2 Å². The molecule has 0 aliphatic carbocycles. The molecule has 6 heteroatoms. The second-order valence-electron chi connectivity index (χ2n) is 6.97. The van der Waals surface area contributed by atoms with Crippen LogP contribution in [-0.2, 0) is 0 Å². The molecule has 146 valence electrons. The SMILES string of the molecule is CCCCOc1ccccc1C1c2c(n[nH]c2-c2ccccc2)OC(=N)C1C#N. The second-order valence-corrected chi connectivity index (χ2v) is 6.97. The summed E-state index contributed by atoms with van der Waals surface area (Å²) in [6, 6.07) is 19.8. The number of ether oxygens (including phenoxy) is 2. The molecule has 1 aliphatic rings. The van der Waals surface area contributed by atoms with Crippen LogP contribution < -0.4 is 9.47 Å². The maximum atomic E-state index is 9.88. The Morgan fingerprint density at radius 2 is 1.93 bits per heavy atom. The number of nitrogens with one attached hydrogen (secondary N) is 2. The van der Waals surface area contributed by atoms with E-state index in [2.05, 4.69) is 23.2 Å². The van der Waals surface area contributed by atoms with Gasteiger partial charge in [0.25, 0.3) is 0 Å². The number of nitriles is 1. The molecule has 2 N–H and O–H groups in total. The molecule has 3 aromatic rings. The van der Waals surface area contributed by atoms with Crippen LogP contribution in [0.2, 0.25) is 0 Å². The lowest BCUT2D eigenvalue weighted by Crippen LogP contribution is -2.31. The summed E-state index contributed by atoms with van der Waals surface area (Å²) >= 11 is 0. The van der Waals surface area contributed by atoms with E-state index < -0.39 is 11.8 Å². The van der Waals surface area contributed by atoms with Crippen molar-refractivity contribution >= 4 is 5.90 Å². The summed E-state index contributed by atoms with van der Waals surface area (Å²) in [4.78, 5) is 0. The third-order valence-electron chi connectivity index (χ3n) is 5.11. The number of unbranched alkanes of at least 4 members (excludes halogenated alkanes) is 1. The van der Waals surface area contributed by atoms with Crippen molar-refractivity contribution in [3.63, 3.8) is 0 Å². The predicted molar refractivity (Wildman–Crippen MR) is 110 cm³/mol. The Balaban J connectivity index is 1.87. The van der Waals surface area contributed by atoms with Crippen molar-refractivity contribution in [3.05, 3.63) is 65.7 Å². The van der Waals surface area contributed by atoms with E-state index in [1.165, 1.54) is 0 Å². The molecule has 0 bridgehead atoms. The summed E-state index contributed by atoms with van der Waals surface area (Å²) in [6.45, 7) is 2.72. The lowest BCUT2D eigenvalue weighted by atomic mass is 9.78. The molecule has 4 rings (SSSR count). The molecule has 2 heterocycles. The van der Waals surface area contributed by atoms with Crippen molar-refractivity contribution in [2.75, 3.05) is 6.61 Å². The Kier molecular flexibility index (Phi) is 5.30. The third kappa shape index (κ3) is 3.47. The number of rotatable bonds is 6. The topological polar surface area (TPSA) is 94.8 Å². The molecule has 1 aliphatic heterocycles. The van der Waals surface area contributed by atoms with Gasteiger partial charge in [0, 0.05) is 11.5 Å². The van der Waals surface area contributed by atoms with E-state index in [1.54, 1.807) is 0 Å². The maximum absolute atomic E-state index is 9.88. The van der Waals surface area contributed by atoms with Gasteiger partial charge in [-0.3, -0.25) is 10.5 Å². The van der Waals surface area contributed by atoms with E-state index in [-0.39, 0.29) is 5.90 Å². The molecule has 0 fully saturated rings. The lowest BCUT2D eigenvalue weighted by Gasteiger charge is -2.29. The molecule has 2 unspecified atom stereocenters. The maximum Gasteiger partial charge on any atom is 0.244 e. The van der Waals surface area contributed by atoms with Crippen molar-refractivity contribution in [1.29, 1.82) is 10.7 Å². The average molecular weight is 386 g/mol. The van der Waals surface area contributed by atoms with Crippen LogP contribution in [-0.4, -0.2) is 22.7 Å². The van der Waals surface area contributed by atoms with Gasteiger partial charge in [0.05, 0.1) is 23.9 Å². The number of fused-ring (bicyclic) bond motifs is 1. The summed E-state index contributed by atoms with van der Waals surface area (Å²) in [5, 5.41) is 25.5. The quantitative estimate of drug-likeness (QED) is 0.589. The van der Waals surface area contributed by atoms with Crippen molar-refractivity contribution in [2.45, 2.75) is 25.7 Å². The number of H-pyrrole nitrogens is 1. The van der Waals surface area contributed by atoms with Gasteiger partial charge < -0.3 is 9.47 Å². The van der Waals surface area contributed by atoms with E-state index >= 15 is 0 Å². The fourth-order valence-electron chi connectivity index (χ4n) is 3.67. The molecule has 29 heavy (non-hydrogen) atoms. The molecule has 2 aromatic carbocycles. The highest BCUT2D eigenvalue weighted by atomic mass is 16.5. The molecule has 6 nitrogen and oxygen atoms in total. The number of aromatic nitrogens is 2. The average Bonchev–Trinajstić information content (AvgIpc) is 3.17. The van der Waals surface area contributed by atoms with E-state index in [1.807, 2.05) is 54.6 Å². The van der Waals surface area contributed by atoms with Gasteiger partial charge >= 0.3 is 0 Å². The normalized spacial score (nSPS) is 17.9. The summed E-state index contributed by atoms with van der Waals surface area (Å²) in [7, 11) is 0. The Bertz CT molecular complexity index is 1050. The van der Waals surface area contributed by atoms with Gasteiger partial charge in [-0.05, 0) is 18.1 Å². The number of benzene rings is 2. The number of nitrogens with zero attached hydrogens (tertiary/aromatic N) is 2. The Labute approximate surface area is 169 Å². The van der Waals surface area contributed by atoms with Crippen LogP contribution in [0.1, 0.15) is 36.8 Å². The van der Waals surface area contributed by atoms with E-state index in [0.29, 0.717) is 12.5 Å². The molecule has 0 saturated heterocycles.